The summed E-state index contributed by atoms with van der Waals surface area (Å²) in [6, 6.07) is -1.80. The quantitative estimate of drug-likeness (QED) is 0.293. The van der Waals surface area contributed by atoms with Crippen molar-refractivity contribution in [2.24, 2.45) is 16.5 Å². The van der Waals surface area contributed by atoms with Crippen molar-refractivity contribution in [2.45, 2.75) is 88.6 Å². The Morgan fingerprint density at radius 3 is 2.49 bits per heavy atom. The summed E-state index contributed by atoms with van der Waals surface area (Å²) in [4.78, 5) is 49.1. The van der Waals surface area contributed by atoms with Crippen molar-refractivity contribution in [3.8, 4) is 0 Å². The molecular weight excluding hydrogens is 490 g/mol. The molecule has 3 atom stereocenters. The SMILES string of the molecule is CC(C)(C)C1CCC(ON=C(C(=O)N[C@H]2C(=O)N3[C@@H]2SC(C)(C)[C@@H]3C(=O)O)c2csc(N)n2)CC1. The Morgan fingerprint density at radius 1 is 1.29 bits per heavy atom. The van der Waals surface area contributed by atoms with E-state index in [4.69, 9.17) is 10.6 Å². The number of carbonyl (C=O) groups excluding carboxylic acids is 2. The molecule has 4 rings (SSSR count). The van der Waals surface area contributed by atoms with E-state index in [1.165, 1.54) is 28.0 Å². The number of nitrogens with two attached hydrogens (primary N) is 1. The number of nitrogens with zero attached hydrogens (tertiary/aromatic N) is 3. The minimum atomic E-state index is -1.06. The molecular formula is C23H33N5O5S2. The fourth-order valence-corrected chi connectivity index (χ4v) is 7.29. The molecule has 2 amide bonds. The predicted octanol–water partition coefficient (Wildman–Crippen LogP) is 2.68. The number of fused-ring (bicyclic) bond motifs is 1. The molecule has 0 aromatic carbocycles. The Hall–Kier alpha value is -2.34. The number of aromatic nitrogens is 1. The first kappa shape index (κ1) is 25.7. The van der Waals surface area contributed by atoms with E-state index in [-0.39, 0.29) is 28.1 Å². The smallest absolute Gasteiger partial charge is 0.327 e. The summed E-state index contributed by atoms with van der Waals surface area (Å²) in [5, 5.41) is 18.0. The standard InChI is InChI=1S/C23H33N5O5S2/c1-22(2,3)11-6-8-12(9-7-11)33-27-14(13-10-34-21(24)25-13)17(29)26-15-18(30)28-16(20(31)32)23(4,5)35-19(15)28/h10-12,15-16,19H,6-9H2,1-5H3,(H2,24,25)(H,26,29)(H,31,32)/t11?,12?,15-,16-,19+/m0/s1. The highest BCUT2D eigenvalue weighted by atomic mass is 32.2. The molecule has 3 fully saturated rings. The van der Waals surface area contributed by atoms with Gasteiger partial charge in [0.1, 0.15) is 29.3 Å². The van der Waals surface area contributed by atoms with Gasteiger partial charge in [0.2, 0.25) is 5.91 Å². The number of amides is 2. The minimum absolute atomic E-state index is 0.0424. The van der Waals surface area contributed by atoms with Crippen LogP contribution in [0.15, 0.2) is 10.5 Å². The molecule has 2 saturated heterocycles. The zero-order valence-corrected chi connectivity index (χ0v) is 22.2. The van der Waals surface area contributed by atoms with Crippen LogP contribution in [0, 0.1) is 11.3 Å². The van der Waals surface area contributed by atoms with Crippen LogP contribution in [0.3, 0.4) is 0 Å². The lowest BCUT2D eigenvalue weighted by Gasteiger charge is -2.43. The number of thiazole rings is 1. The average Bonchev–Trinajstić information content (AvgIpc) is 3.30. The number of carboxylic acids is 1. The van der Waals surface area contributed by atoms with Crippen LogP contribution >= 0.6 is 23.1 Å². The Bertz CT molecular complexity index is 1040. The topological polar surface area (TPSA) is 147 Å². The molecule has 1 aromatic rings. The highest BCUT2D eigenvalue weighted by Crippen LogP contribution is 2.50. The number of hydrogen-bond acceptors (Lipinski definition) is 9. The molecule has 4 N–H and O–H groups in total. The van der Waals surface area contributed by atoms with Crippen LogP contribution in [0.25, 0.3) is 0 Å². The molecule has 0 spiro atoms. The number of anilines is 1. The lowest BCUT2D eigenvalue weighted by atomic mass is 9.72. The number of thioether (sulfide) groups is 1. The van der Waals surface area contributed by atoms with Gasteiger partial charge in [-0.1, -0.05) is 25.9 Å². The van der Waals surface area contributed by atoms with Gasteiger partial charge in [0, 0.05) is 10.1 Å². The Labute approximate surface area is 213 Å². The van der Waals surface area contributed by atoms with Gasteiger partial charge in [-0.15, -0.1) is 23.1 Å². The van der Waals surface area contributed by atoms with Gasteiger partial charge < -0.3 is 25.9 Å². The molecule has 35 heavy (non-hydrogen) atoms. The fraction of sp³-hybridized carbons (Fsp3) is 0.696. The molecule has 2 aliphatic heterocycles. The van der Waals surface area contributed by atoms with Crippen LogP contribution in [0.5, 0.6) is 0 Å². The Morgan fingerprint density at radius 2 is 1.94 bits per heavy atom. The van der Waals surface area contributed by atoms with Crippen molar-refractivity contribution in [2.75, 3.05) is 5.73 Å². The van der Waals surface area contributed by atoms with Crippen molar-refractivity contribution < 1.29 is 24.3 Å². The molecule has 1 aromatic heterocycles. The van der Waals surface area contributed by atoms with Crippen molar-refractivity contribution in [1.29, 1.82) is 0 Å². The zero-order chi connectivity index (χ0) is 25.7. The lowest BCUT2D eigenvalue weighted by molar-refractivity contribution is -0.160. The number of carboxylic acid groups (broad SMARTS) is 1. The van der Waals surface area contributed by atoms with Gasteiger partial charge in [0.15, 0.2) is 10.8 Å². The zero-order valence-electron chi connectivity index (χ0n) is 20.6. The van der Waals surface area contributed by atoms with Crippen LogP contribution in [-0.2, 0) is 19.2 Å². The van der Waals surface area contributed by atoms with Gasteiger partial charge in [-0.05, 0) is 50.9 Å². The predicted molar refractivity (Wildman–Crippen MR) is 135 cm³/mol. The number of rotatable bonds is 6. The summed E-state index contributed by atoms with van der Waals surface area (Å²) >= 11 is 2.54. The summed E-state index contributed by atoms with van der Waals surface area (Å²) in [6.07, 6.45) is 3.65. The third-order valence-corrected chi connectivity index (χ3v) is 9.38. The van der Waals surface area contributed by atoms with E-state index in [9.17, 15) is 19.5 Å². The van der Waals surface area contributed by atoms with Crippen LogP contribution in [0.4, 0.5) is 5.13 Å². The second-order valence-corrected chi connectivity index (χ2v) is 13.7. The largest absolute Gasteiger partial charge is 0.480 e. The summed E-state index contributed by atoms with van der Waals surface area (Å²) in [5.74, 6) is -1.47. The average molecular weight is 524 g/mol. The normalized spacial score (nSPS) is 30.4. The van der Waals surface area contributed by atoms with Crippen molar-refractivity contribution in [3.05, 3.63) is 11.1 Å². The molecule has 1 saturated carbocycles. The van der Waals surface area contributed by atoms with E-state index in [1.807, 2.05) is 0 Å². The molecule has 0 unspecified atom stereocenters. The van der Waals surface area contributed by atoms with Gasteiger partial charge in [-0.2, -0.15) is 0 Å². The third-order valence-electron chi connectivity index (χ3n) is 7.13. The molecule has 0 bridgehead atoms. The molecule has 192 valence electrons. The monoisotopic (exact) mass is 523 g/mol. The number of carbonyl (C=O) groups is 3. The summed E-state index contributed by atoms with van der Waals surface area (Å²) in [6.45, 7) is 10.3. The van der Waals surface area contributed by atoms with E-state index < -0.39 is 40.0 Å². The van der Waals surface area contributed by atoms with Crippen molar-refractivity contribution in [3.63, 3.8) is 0 Å². The highest BCUT2D eigenvalue weighted by Gasteiger charge is 2.64. The Balaban J connectivity index is 1.46. The number of aliphatic carboxylic acids is 1. The van der Waals surface area contributed by atoms with Gasteiger partial charge in [-0.25, -0.2) is 9.78 Å². The first-order valence-corrected chi connectivity index (χ1v) is 13.5. The lowest BCUT2D eigenvalue weighted by Crippen LogP contribution is -2.71. The number of nitrogens with one attached hydrogen (secondary N) is 1. The molecule has 12 heteroatoms. The van der Waals surface area contributed by atoms with Crippen molar-refractivity contribution >= 4 is 51.7 Å². The third kappa shape index (κ3) is 5.00. The highest BCUT2D eigenvalue weighted by molar-refractivity contribution is 8.01. The van der Waals surface area contributed by atoms with Gasteiger partial charge in [0.05, 0.1) is 0 Å². The summed E-state index contributed by atoms with van der Waals surface area (Å²) < 4.78 is -0.680. The van der Waals surface area contributed by atoms with Crippen molar-refractivity contribution in [1.82, 2.24) is 15.2 Å². The van der Waals surface area contributed by atoms with Crippen LogP contribution in [-0.4, -0.2) is 66.8 Å². The molecule has 1 aliphatic carbocycles. The second kappa shape index (κ2) is 9.27. The van der Waals surface area contributed by atoms with Gasteiger partial charge in [0.25, 0.3) is 5.91 Å². The van der Waals surface area contributed by atoms with Crippen LogP contribution in [0.1, 0.15) is 66.0 Å². The fourth-order valence-electron chi connectivity index (χ4n) is 5.12. The molecule has 3 aliphatic rings. The van der Waals surface area contributed by atoms with Crippen LogP contribution < -0.4 is 11.1 Å². The van der Waals surface area contributed by atoms with E-state index in [0.717, 1.165) is 25.7 Å². The van der Waals surface area contributed by atoms with E-state index in [2.05, 4.69) is 36.2 Å². The maximum atomic E-state index is 13.2. The maximum absolute atomic E-state index is 13.2. The van der Waals surface area contributed by atoms with E-state index >= 15 is 0 Å². The number of hydrogen-bond donors (Lipinski definition) is 3. The van der Waals surface area contributed by atoms with Crippen LogP contribution in [0.2, 0.25) is 0 Å². The Kier molecular flexibility index (Phi) is 6.82. The number of β-lactam (4-membered cyclic amide) rings is 1. The van der Waals surface area contributed by atoms with Gasteiger partial charge >= 0.3 is 5.97 Å². The summed E-state index contributed by atoms with van der Waals surface area (Å²) in [7, 11) is 0. The second-order valence-electron chi connectivity index (χ2n) is 11.0. The molecule has 3 heterocycles. The summed E-state index contributed by atoms with van der Waals surface area (Å²) in [5.41, 5.74) is 6.25. The minimum Gasteiger partial charge on any atom is -0.480 e. The molecule has 10 nitrogen and oxygen atoms in total. The first-order chi connectivity index (χ1) is 16.3. The van der Waals surface area contributed by atoms with Gasteiger partial charge in [-0.3, -0.25) is 9.59 Å². The van der Waals surface area contributed by atoms with E-state index in [0.29, 0.717) is 5.92 Å². The number of nitrogen functional groups attached to an aromatic ring is 1. The van der Waals surface area contributed by atoms with E-state index in [1.54, 1.807) is 19.2 Å². The molecule has 0 radical (unpaired) electrons. The number of oxime groups is 1. The maximum Gasteiger partial charge on any atom is 0.327 e. The first-order valence-electron chi connectivity index (χ1n) is 11.8.